The van der Waals surface area contributed by atoms with Crippen molar-refractivity contribution in [2.24, 2.45) is 0 Å². The smallest absolute Gasteiger partial charge is 0.243 e. The average Bonchev–Trinajstić information content (AvgIpc) is 2.91. The maximum Gasteiger partial charge on any atom is 0.243 e. The number of rotatable bonds is 4. The van der Waals surface area contributed by atoms with E-state index in [2.05, 4.69) is 5.32 Å². The van der Waals surface area contributed by atoms with Gasteiger partial charge in [-0.3, -0.25) is 0 Å². The number of methoxy groups -OCH3 is 1. The van der Waals surface area contributed by atoms with E-state index >= 15 is 0 Å². The molecule has 1 aliphatic rings. The number of sulfonamides is 1. The average molecular weight is 298 g/mol. The van der Waals surface area contributed by atoms with Crippen LogP contribution in [0, 0.1) is 13.8 Å². The highest BCUT2D eigenvalue weighted by Crippen LogP contribution is 2.28. The van der Waals surface area contributed by atoms with Crippen molar-refractivity contribution in [2.45, 2.75) is 31.2 Å². The molecule has 1 aromatic rings. The molecule has 5 nitrogen and oxygen atoms in total. The highest BCUT2D eigenvalue weighted by molar-refractivity contribution is 7.89. The van der Waals surface area contributed by atoms with Crippen molar-refractivity contribution < 1.29 is 13.2 Å². The van der Waals surface area contributed by atoms with Gasteiger partial charge < -0.3 is 10.1 Å². The summed E-state index contributed by atoms with van der Waals surface area (Å²) in [6.07, 6.45) is 0.851. The Morgan fingerprint density at radius 1 is 1.30 bits per heavy atom. The van der Waals surface area contributed by atoms with Gasteiger partial charge in [-0.25, -0.2) is 8.42 Å². The number of nitrogens with one attached hydrogen (secondary N) is 1. The molecular weight excluding hydrogens is 276 g/mol. The molecule has 1 saturated heterocycles. The largest absolute Gasteiger partial charge is 0.496 e. The molecule has 0 aromatic heterocycles. The molecule has 0 saturated carbocycles. The van der Waals surface area contributed by atoms with Crippen molar-refractivity contribution in [3.63, 3.8) is 0 Å². The van der Waals surface area contributed by atoms with Crippen LogP contribution in [0.1, 0.15) is 17.5 Å². The molecule has 0 bridgehead atoms. The molecule has 0 aliphatic carbocycles. The monoisotopic (exact) mass is 298 g/mol. The first-order valence-electron chi connectivity index (χ1n) is 6.72. The maximum atomic E-state index is 12.7. The van der Waals surface area contributed by atoms with E-state index in [0.717, 1.165) is 29.8 Å². The molecule has 1 unspecified atom stereocenters. The number of aryl methyl sites for hydroxylation is 2. The van der Waals surface area contributed by atoms with Gasteiger partial charge >= 0.3 is 0 Å². The molecule has 6 heteroatoms. The van der Waals surface area contributed by atoms with E-state index < -0.39 is 10.0 Å². The summed E-state index contributed by atoms with van der Waals surface area (Å²) in [5.74, 6) is 0.745. The molecule has 0 radical (unpaired) electrons. The summed E-state index contributed by atoms with van der Waals surface area (Å²) >= 11 is 0. The third kappa shape index (κ3) is 2.68. The minimum Gasteiger partial charge on any atom is -0.496 e. The zero-order valence-corrected chi connectivity index (χ0v) is 13.3. The van der Waals surface area contributed by atoms with Gasteiger partial charge in [-0.15, -0.1) is 0 Å². The van der Waals surface area contributed by atoms with Gasteiger partial charge in [0.1, 0.15) is 5.75 Å². The van der Waals surface area contributed by atoms with Gasteiger partial charge in [-0.05, 0) is 50.1 Å². The molecular formula is C14H22N2O3S. The van der Waals surface area contributed by atoms with Crippen LogP contribution in [-0.4, -0.2) is 46.0 Å². The predicted molar refractivity (Wildman–Crippen MR) is 78.7 cm³/mol. The van der Waals surface area contributed by atoms with Crippen molar-refractivity contribution in [2.75, 3.05) is 27.2 Å². The van der Waals surface area contributed by atoms with Gasteiger partial charge in [0.05, 0.1) is 12.0 Å². The van der Waals surface area contributed by atoms with E-state index in [1.807, 2.05) is 13.8 Å². The van der Waals surface area contributed by atoms with Crippen LogP contribution in [0.2, 0.25) is 0 Å². The SMILES string of the molecule is COc1c(C)cc(S(=O)(=O)N(C)C2CCNC2)cc1C. The van der Waals surface area contributed by atoms with Crippen LogP contribution in [0.15, 0.2) is 17.0 Å². The van der Waals surface area contributed by atoms with Crippen LogP contribution >= 0.6 is 0 Å². The number of hydrogen-bond donors (Lipinski definition) is 1. The maximum absolute atomic E-state index is 12.7. The van der Waals surface area contributed by atoms with Gasteiger partial charge in [-0.1, -0.05) is 0 Å². The number of nitrogens with zero attached hydrogens (tertiary/aromatic N) is 1. The van der Waals surface area contributed by atoms with Crippen molar-refractivity contribution in [1.29, 1.82) is 0 Å². The summed E-state index contributed by atoms with van der Waals surface area (Å²) in [6.45, 7) is 5.30. The number of ether oxygens (including phenoxy) is 1. The van der Waals surface area contributed by atoms with E-state index in [4.69, 9.17) is 4.74 Å². The van der Waals surface area contributed by atoms with Gasteiger partial charge in [0.15, 0.2) is 0 Å². The van der Waals surface area contributed by atoms with Gasteiger partial charge in [0, 0.05) is 19.6 Å². The molecule has 1 N–H and O–H groups in total. The Hall–Kier alpha value is -1.11. The number of likely N-dealkylation sites (N-methyl/N-ethyl adjacent to an activating group) is 1. The molecule has 0 amide bonds. The first-order valence-corrected chi connectivity index (χ1v) is 8.16. The lowest BCUT2D eigenvalue weighted by molar-refractivity contribution is 0.387. The topological polar surface area (TPSA) is 58.6 Å². The van der Waals surface area contributed by atoms with E-state index in [1.54, 1.807) is 26.3 Å². The Balaban J connectivity index is 2.39. The van der Waals surface area contributed by atoms with Crippen molar-refractivity contribution in [1.82, 2.24) is 9.62 Å². The standard InChI is InChI=1S/C14H22N2O3S/c1-10-7-13(8-11(2)14(10)19-4)20(17,18)16(3)12-5-6-15-9-12/h7-8,12,15H,5-6,9H2,1-4H3. The Morgan fingerprint density at radius 3 is 2.35 bits per heavy atom. The van der Waals surface area contributed by atoms with Crippen molar-refractivity contribution in [3.05, 3.63) is 23.3 Å². The highest BCUT2D eigenvalue weighted by Gasteiger charge is 2.30. The number of benzene rings is 1. The molecule has 2 rings (SSSR count). The molecule has 1 atom stereocenters. The summed E-state index contributed by atoms with van der Waals surface area (Å²) in [5, 5.41) is 3.19. The van der Waals surface area contributed by atoms with Crippen LogP contribution in [0.3, 0.4) is 0 Å². The Kier molecular flexibility index (Phi) is 4.36. The van der Waals surface area contributed by atoms with Gasteiger partial charge in [0.25, 0.3) is 0 Å². The summed E-state index contributed by atoms with van der Waals surface area (Å²) in [7, 11) is -0.203. The fraction of sp³-hybridized carbons (Fsp3) is 0.571. The third-order valence-corrected chi connectivity index (χ3v) is 5.75. The lowest BCUT2D eigenvalue weighted by Crippen LogP contribution is -2.38. The Bertz CT molecular complexity index is 569. The van der Waals surface area contributed by atoms with E-state index in [0.29, 0.717) is 11.4 Å². The quantitative estimate of drug-likeness (QED) is 0.910. The van der Waals surface area contributed by atoms with Crippen LogP contribution < -0.4 is 10.1 Å². The molecule has 112 valence electrons. The first kappa shape index (κ1) is 15.3. The van der Waals surface area contributed by atoms with Gasteiger partial charge in [-0.2, -0.15) is 4.31 Å². The van der Waals surface area contributed by atoms with Crippen molar-refractivity contribution in [3.8, 4) is 5.75 Å². The second-order valence-electron chi connectivity index (χ2n) is 5.26. The van der Waals surface area contributed by atoms with E-state index in [-0.39, 0.29) is 6.04 Å². The van der Waals surface area contributed by atoms with Crippen LogP contribution in [-0.2, 0) is 10.0 Å². The van der Waals surface area contributed by atoms with Crippen LogP contribution in [0.5, 0.6) is 5.75 Å². The van der Waals surface area contributed by atoms with Crippen LogP contribution in [0.25, 0.3) is 0 Å². The minimum absolute atomic E-state index is 0.0303. The van der Waals surface area contributed by atoms with Gasteiger partial charge in [0.2, 0.25) is 10.0 Å². The third-order valence-electron chi connectivity index (χ3n) is 3.86. The number of hydrogen-bond acceptors (Lipinski definition) is 4. The summed E-state index contributed by atoms with van der Waals surface area (Å²) < 4.78 is 32.1. The second-order valence-corrected chi connectivity index (χ2v) is 7.26. The lowest BCUT2D eigenvalue weighted by atomic mass is 10.1. The second kappa shape index (κ2) is 5.71. The fourth-order valence-corrected chi connectivity index (χ4v) is 4.25. The molecule has 1 heterocycles. The Labute approximate surface area is 121 Å². The molecule has 1 aromatic carbocycles. The van der Waals surface area contributed by atoms with E-state index in [9.17, 15) is 8.42 Å². The predicted octanol–water partition coefficient (Wildman–Crippen LogP) is 1.29. The lowest BCUT2D eigenvalue weighted by Gasteiger charge is -2.24. The fourth-order valence-electron chi connectivity index (χ4n) is 2.69. The summed E-state index contributed by atoms with van der Waals surface area (Å²) in [4.78, 5) is 0.336. The van der Waals surface area contributed by atoms with Crippen LogP contribution in [0.4, 0.5) is 0 Å². The normalized spacial score (nSPS) is 19.6. The Morgan fingerprint density at radius 2 is 1.90 bits per heavy atom. The summed E-state index contributed by atoms with van der Waals surface area (Å²) in [5.41, 5.74) is 1.67. The molecule has 20 heavy (non-hydrogen) atoms. The minimum atomic E-state index is -3.45. The zero-order chi connectivity index (χ0) is 14.9. The van der Waals surface area contributed by atoms with E-state index in [1.165, 1.54) is 4.31 Å². The first-order chi connectivity index (χ1) is 9.37. The molecule has 1 aliphatic heterocycles. The molecule has 1 fully saturated rings. The summed E-state index contributed by atoms with van der Waals surface area (Å²) in [6, 6.07) is 3.39. The molecule has 0 spiro atoms. The zero-order valence-electron chi connectivity index (χ0n) is 12.4. The highest BCUT2D eigenvalue weighted by atomic mass is 32.2. The van der Waals surface area contributed by atoms with Crippen molar-refractivity contribution >= 4 is 10.0 Å².